The average Bonchev–Trinajstić information content (AvgIpc) is 3.44. The predicted molar refractivity (Wildman–Crippen MR) is 114 cm³/mol. The molecule has 0 spiro atoms. The Labute approximate surface area is 172 Å². The molecule has 4 heterocycles. The summed E-state index contributed by atoms with van der Waals surface area (Å²) in [6.07, 6.45) is 4.42. The van der Waals surface area contributed by atoms with Crippen molar-refractivity contribution in [3.8, 4) is 16.3 Å². The molecule has 1 saturated heterocycles. The molecule has 0 unspecified atom stereocenters. The van der Waals surface area contributed by atoms with Crippen molar-refractivity contribution >= 4 is 28.6 Å². The van der Waals surface area contributed by atoms with E-state index < -0.39 is 0 Å². The zero-order valence-electron chi connectivity index (χ0n) is 15.9. The highest BCUT2D eigenvalue weighted by Gasteiger charge is 2.19. The summed E-state index contributed by atoms with van der Waals surface area (Å²) in [6.45, 7) is 4.34. The molecule has 0 aliphatic carbocycles. The van der Waals surface area contributed by atoms with Crippen LogP contribution in [0, 0.1) is 0 Å². The minimum Gasteiger partial charge on any atom is -0.493 e. The van der Waals surface area contributed by atoms with E-state index >= 15 is 0 Å². The lowest BCUT2D eigenvalue weighted by atomic mass is 10.1. The summed E-state index contributed by atoms with van der Waals surface area (Å²) in [4.78, 5) is 23.9. The van der Waals surface area contributed by atoms with Crippen LogP contribution in [0.2, 0.25) is 0 Å². The van der Waals surface area contributed by atoms with Crippen molar-refractivity contribution in [2.75, 3.05) is 43.0 Å². The number of fused-ring (bicyclic) bond motifs is 1. The number of carbonyl (C=O) groups is 1. The molecule has 29 heavy (non-hydrogen) atoms. The molecule has 0 atom stereocenters. The fourth-order valence-corrected chi connectivity index (χ4v) is 4.46. The molecule has 2 N–H and O–H groups in total. The highest BCUT2D eigenvalue weighted by atomic mass is 32.1. The number of carbonyl (C=O) groups excluding carboxylic acids is 1. The van der Waals surface area contributed by atoms with E-state index in [0.717, 1.165) is 66.9 Å². The number of rotatable bonds is 4. The highest BCUT2D eigenvalue weighted by molar-refractivity contribution is 7.13. The zero-order chi connectivity index (χ0) is 19.6. The van der Waals surface area contributed by atoms with Gasteiger partial charge in [0, 0.05) is 49.7 Å². The van der Waals surface area contributed by atoms with Gasteiger partial charge in [-0.2, -0.15) is 0 Å². The van der Waals surface area contributed by atoms with Crippen molar-refractivity contribution in [3.05, 3.63) is 53.3 Å². The lowest BCUT2D eigenvalue weighted by Gasteiger charge is -2.30. The third-order valence-corrected chi connectivity index (χ3v) is 6.07. The Morgan fingerprint density at radius 1 is 1.24 bits per heavy atom. The molecule has 1 aromatic carbocycles. The zero-order valence-corrected chi connectivity index (χ0v) is 16.7. The van der Waals surface area contributed by atoms with Gasteiger partial charge in [0.1, 0.15) is 16.5 Å². The van der Waals surface area contributed by atoms with Crippen LogP contribution in [0.1, 0.15) is 16.1 Å². The maximum absolute atomic E-state index is 12.8. The Morgan fingerprint density at radius 2 is 2.14 bits per heavy atom. The van der Waals surface area contributed by atoms with Crippen LogP contribution in [0.3, 0.4) is 0 Å². The van der Waals surface area contributed by atoms with Crippen LogP contribution in [-0.2, 0) is 6.42 Å². The number of aromatic nitrogens is 2. The second-order valence-corrected chi connectivity index (χ2v) is 7.90. The van der Waals surface area contributed by atoms with Crippen molar-refractivity contribution in [2.24, 2.45) is 0 Å². The molecule has 2 aliphatic heterocycles. The summed E-state index contributed by atoms with van der Waals surface area (Å²) in [5, 5.41) is 8.99. The predicted octanol–water partition coefficient (Wildman–Crippen LogP) is 2.80. The molecule has 3 aromatic rings. The fraction of sp³-hybridized carbons (Fsp3) is 0.286. The van der Waals surface area contributed by atoms with Gasteiger partial charge in [0.25, 0.3) is 5.91 Å². The molecule has 2 aromatic heterocycles. The maximum Gasteiger partial charge on any atom is 0.275 e. The number of hydrogen-bond acceptors (Lipinski definition) is 7. The van der Waals surface area contributed by atoms with Crippen molar-refractivity contribution in [1.29, 1.82) is 0 Å². The van der Waals surface area contributed by atoms with Gasteiger partial charge in [0.05, 0.1) is 24.2 Å². The van der Waals surface area contributed by atoms with Gasteiger partial charge in [-0.3, -0.25) is 9.78 Å². The normalized spacial score (nSPS) is 15.7. The molecule has 5 rings (SSSR count). The first-order valence-electron chi connectivity index (χ1n) is 9.70. The van der Waals surface area contributed by atoms with E-state index in [0.29, 0.717) is 5.69 Å². The Kier molecular flexibility index (Phi) is 4.87. The Morgan fingerprint density at radius 3 is 3.03 bits per heavy atom. The summed E-state index contributed by atoms with van der Waals surface area (Å²) < 4.78 is 5.57. The standard InChI is InChI=1S/C21H21N5O2S/c27-20(24-16-3-5-23-12-18(16)26-8-6-22-7-9-26)17-13-29-21(25-17)15-1-2-19-14(11-15)4-10-28-19/h1-3,5,11-13,22H,4,6-10H2,(H,23,24,27). The third-order valence-electron chi connectivity index (χ3n) is 5.18. The van der Waals surface area contributed by atoms with Gasteiger partial charge < -0.3 is 20.3 Å². The largest absolute Gasteiger partial charge is 0.493 e. The number of pyridine rings is 1. The SMILES string of the molecule is O=C(Nc1ccncc1N1CCNCC1)c1csc(-c2ccc3c(c2)CCO3)n1. The lowest BCUT2D eigenvalue weighted by Crippen LogP contribution is -2.43. The fourth-order valence-electron chi connectivity index (χ4n) is 3.67. The van der Waals surface area contributed by atoms with Crippen molar-refractivity contribution in [1.82, 2.24) is 15.3 Å². The summed E-state index contributed by atoms with van der Waals surface area (Å²) in [7, 11) is 0. The third kappa shape index (κ3) is 3.68. The summed E-state index contributed by atoms with van der Waals surface area (Å²) in [5.41, 5.74) is 4.34. The molecular formula is C21H21N5O2S. The van der Waals surface area contributed by atoms with Crippen LogP contribution in [0.4, 0.5) is 11.4 Å². The lowest BCUT2D eigenvalue weighted by molar-refractivity contribution is 0.102. The van der Waals surface area contributed by atoms with Crippen LogP contribution >= 0.6 is 11.3 Å². The van der Waals surface area contributed by atoms with Crippen molar-refractivity contribution in [3.63, 3.8) is 0 Å². The van der Waals surface area contributed by atoms with Gasteiger partial charge in [-0.05, 0) is 29.8 Å². The van der Waals surface area contributed by atoms with Crippen LogP contribution in [-0.4, -0.2) is 48.7 Å². The number of thiazole rings is 1. The number of benzene rings is 1. The van der Waals surface area contributed by atoms with E-state index in [2.05, 4.69) is 31.6 Å². The Bertz CT molecular complexity index is 1050. The van der Waals surface area contributed by atoms with Gasteiger partial charge >= 0.3 is 0 Å². The minimum absolute atomic E-state index is 0.209. The molecule has 7 nitrogen and oxygen atoms in total. The molecule has 1 fully saturated rings. The maximum atomic E-state index is 12.8. The van der Waals surface area contributed by atoms with Gasteiger partial charge in [-0.15, -0.1) is 11.3 Å². The van der Waals surface area contributed by atoms with Gasteiger partial charge in [0.15, 0.2) is 0 Å². The van der Waals surface area contributed by atoms with E-state index in [-0.39, 0.29) is 5.91 Å². The Hall–Kier alpha value is -2.97. The Balaban J connectivity index is 1.35. The molecule has 1 amide bonds. The van der Waals surface area contributed by atoms with Gasteiger partial charge in [-0.1, -0.05) is 0 Å². The summed E-state index contributed by atoms with van der Waals surface area (Å²) in [5.74, 6) is 0.737. The van der Waals surface area contributed by atoms with Crippen molar-refractivity contribution < 1.29 is 9.53 Å². The van der Waals surface area contributed by atoms with Crippen LogP contribution in [0.5, 0.6) is 5.75 Å². The molecule has 148 valence electrons. The molecule has 0 bridgehead atoms. The number of nitrogens with one attached hydrogen (secondary N) is 2. The first-order valence-corrected chi connectivity index (χ1v) is 10.6. The monoisotopic (exact) mass is 407 g/mol. The molecule has 8 heteroatoms. The number of anilines is 2. The van der Waals surface area contributed by atoms with E-state index in [1.165, 1.54) is 16.9 Å². The van der Waals surface area contributed by atoms with E-state index in [1.54, 1.807) is 17.8 Å². The van der Waals surface area contributed by atoms with E-state index in [1.807, 2.05) is 18.2 Å². The average molecular weight is 407 g/mol. The highest BCUT2D eigenvalue weighted by Crippen LogP contribution is 2.32. The second-order valence-electron chi connectivity index (χ2n) is 7.04. The first-order chi connectivity index (χ1) is 14.3. The number of piperazine rings is 1. The van der Waals surface area contributed by atoms with Crippen molar-refractivity contribution in [2.45, 2.75) is 6.42 Å². The quantitative estimate of drug-likeness (QED) is 0.692. The number of ether oxygens (including phenoxy) is 1. The topological polar surface area (TPSA) is 79.4 Å². The molecule has 2 aliphatic rings. The summed E-state index contributed by atoms with van der Waals surface area (Å²) in [6, 6.07) is 7.92. The van der Waals surface area contributed by atoms with E-state index in [4.69, 9.17) is 4.74 Å². The first kappa shape index (κ1) is 18.1. The smallest absolute Gasteiger partial charge is 0.275 e. The number of amides is 1. The van der Waals surface area contributed by atoms with Crippen LogP contribution < -0.4 is 20.3 Å². The summed E-state index contributed by atoms with van der Waals surface area (Å²) >= 11 is 1.48. The van der Waals surface area contributed by atoms with E-state index in [9.17, 15) is 4.79 Å². The van der Waals surface area contributed by atoms with Gasteiger partial charge in [0.2, 0.25) is 0 Å². The van der Waals surface area contributed by atoms with Crippen LogP contribution in [0.25, 0.3) is 10.6 Å². The number of nitrogens with zero attached hydrogens (tertiary/aromatic N) is 3. The van der Waals surface area contributed by atoms with Gasteiger partial charge in [-0.25, -0.2) is 4.98 Å². The molecule has 0 saturated carbocycles. The minimum atomic E-state index is -0.209. The number of hydrogen-bond donors (Lipinski definition) is 2. The molecule has 0 radical (unpaired) electrons. The molecular weight excluding hydrogens is 386 g/mol. The second kappa shape index (κ2) is 7.81. The van der Waals surface area contributed by atoms with Crippen LogP contribution in [0.15, 0.2) is 42.0 Å².